The Morgan fingerprint density at radius 3 is 2.30 bits per heavy atom. The van der Waals surface area contributed by atoms with Crippen LogP contribution < -0.4 is 0 Å². The summed E-state index contributed by atoms with van der Waals surface area (Å²) in [7, 11) is 0. The van der Waals surface area contributed by atoms with Crippen LogP contribution in [0, 0.1) is 0 Å². The number of phenolic OH excluding ortho intramolecular Hbond substituents is 2. The molecule has 2 N–H and O–H groups in total. The Morgan fingerprint density at radius 2 is 1.78 bits per heavy atom. The van der Waals surface area contributed by atoms with Gasteiger partial charge in [0.05, 0.1) is 12.1 Å². The molecule has 1 heterocycles. The molecule has 128 valence electrons. The van der Waals surface area contributed by atoms with E-state index in [2.05, 4.69) is 0 Å². The van der Waals surface area contributed by atoms with Gasteiger partial charge in [-0.2, -0.15) is 8.78 Å². The summed E-state index contributed by atoms with van der Waals surface area (Å²) in [5.74, 6) is -5.18. The van der Waals surface area contributed by atoms with Crippen molar-refractivity contribution < 1.29 is 32.6 Å². The van der Waals surface area contributed by atoms with Crippen LogP contribution in [0.3, 0.4) is 0 Å². The van der Waals surface area contributed by atoms with Gasteiger partial charge in [-0.25, -0.2) is 8.78 Å². The molecule has 1 amide bonds. The summed E-state index contributed by atoms with van der Waals surface area (Å²) >= 11 is 0. The number of benzene rings is 1. The number of rotatable bonds is 4. The first-order valence-electron chi connectivity index (χ1n) is 6.90. The molecule has 9 heteroatoms. The van der Waals surface area contributed by atoms with Crippen LogP contribution >= 0.6 is 0 Å². The molecule has 0 unspecified atom stereocenters. The van der Waals surface area contributed by atoms with Crippen LogP contribution in [-0.4, -0.2) is 71.0 Å². The van der Waals surface area contributed by atoms with Gasteiger partial charge in [0.1, 0.15) is 11.5 Å². The van der Waals surface area contributed by atoms with E-state index in [-0.39, 0.29) is 43.2 Å². The predicted octanol–water partition coefficient (Wildman–Crippen LogP) is 1.76. The minimum atomic E-state index is -4.08. The van der Waals surface area contributed by atoms with Gasteiger partial charge in [-0.3, -0.25) is 9.69 Å². The number of alkyl halides is 4. The van der Waals surface area contributed by atoms with Gasteiger partial charge in [0, 0.05) is 32.2 Å². The lowest BCUT2D eigenvalue weighted by Gasteiger charge is -2.36. The average Bonchev–Trinajstić information content (AvgIpc) is 2.47. The first kappa shape index (κ1) is 17.3. The van der Waals surface area contributed by atoms with Gasteiger partial charge >= 0.3 is 12.3 Å². The number of piperazine rings is 1. The molecule has 5 nitrogen and oxygen atoms in total. The van der Waals surface area contributed by atoms with E-state index in [1.807, 2.05) is 0 Å². The second-order valence-electron chi connectivity index (χ2n) is 5.33. The number of halogens is 4. The van der Waals surface area contributed by atoms with Crippen molar-refractivity contribution in [1.29, 1.82) is 0 Å². The fraction of sp³-hybridized carbons (Fsp3) is 0.500. The van der Waals surface area contributed by atoms with Crippen LogP contribution in [0.5, 0.6) is 11.5 Å². The van der Waals surface area contributed by atoms with Crippen molar-refractivity contribution in [3.05, 3.63) is 23.8 Å². The molecule has 23 heavy (non-hydrogen) atoms. The molecule has 1 fully saturated rings. The fourth-order valence-electron chi connectivity index (χ4n) is 2.35. The smallest absolute Gasteiger partial charge is 0.319 e. The Kier molecular flexibility index (Phi) is 4.98. The number of hydrogen-bond donors (Lipinski definition) is 2. The first-order chi connectivity index (χ1) is 10.7. The maximum Gasteiger partial charge on any atom is 0.319 e. The molecular weight excluding hydrogens is 320 g/mol. The van der Waals surface area contributed by atoms with Crippen molar-refractivity contribution in [3.8, 4) is 11.5 Å². The van der Waals surface area contributed by atoms with Gasteiger partial charge in [0.25, 0.3) is 5.91 Å². The maximum atomic E-state index is 13.0. The molecule has 1 aromatic carbocycles. The Morgan fingerprint density at radius 1 is 1.17 bits per heavy atom. The lowest BCUT2D eigenvalue weighted by molar-refractivity contribution is -0.144. The van der Waals surface area contributed by atoms with Gasteiger partial charge in [-0.15, -0.1) is 0 Å². The second-order valence-corrected chi connectivity index (χ2v) is 5.33. The third kappa shape index (κ3) is 4.04. The Balaban J connectivity index is 1.95. The lowest BCUT2D eigenvalue weighted by atomic mass is 10.1. The Bertz CT molecular complexity index is 575. The molecule has 1 aliphatic heterocycles. The minimum absolute atomic E-state index is 0.0193. The van der Waals surface area contributed by atoms with E-state index in [9.17, 15) is 32.6 Å². The van der Waals surface area contributed by atoms with Gasteiger partial charge in [-0.05, 0) is 12.1 Å². The lowest BCUT2D eigenvalue weighted by Crippen LogP contribution is -2.52. The largest absolute Gasteiger partial charge is 0.508 e. The van der Waals surface area contributed by atoms with E-state index in [1.54, 1.807) is 0 Å². The van der Waals surface area contributed by atoms with Gasteiger partial charge in [0.15, 0.2) is 0 Å². The maximum absolute atomic E-state index is 13.0. The summed E-state index contributed by atoms with van der Waals surface area (Å²) in [5, 5.41) is 18.9. The van der Waals surface area contributed by atoms with E-state index < -0.39 is 24.8 Å². The number of nitrogens with zero attached hydrogens (tertiary/aromatic N) is 2. The summed E-state index contributed by atoms with van der Waals surface area (Å²) < 4.78 is 50.4. The zero-order chi connectivity index (χ0) is 17.2. The van der Waals surface area contributed by atoms with Crippen LogP contribution in [-0.2, 0) is 0 Å². The number of amides is 1. The van der Waals surface area contributed by atoms with Crippen molar-refractivity contribution in [3.63, 3.8) is 0 Å². The molecule has 0 aliphatic carbocycles. The zero-order valence-electron chi connectivity index (χ0n) is 12.1. The highest BCUT2D eigenvalue weighted by molar-refractivity contribution is 5.97. The van der Waals surface area contributed by atoms with E-state index in [0.717, 1.165) is 6.07 Å². The number of carbonyl (C=O) groups excluding carboxylic acids is 1. The number of aromatic hydroxyl groups is 2. The SMILES string of the molecule is O=C(c1ccc(O)cc1O)N1CCN(CC(F)(F)C(F)F)CC1. The molecule has 0 atom stereocenters. The second kappa shape index (κ2) is 6.61. The van der Waals surface area contributed by atoms with Crippen LogP contribution in [0.4, 0.5) is 17.6 Å². The van der Waals surface area contributed by atoms with E-state index in [4.69, 9.17) is 0 Å². The fourth-order valence-corrected chi connectivity index (χ4v) is 2.35. The monoisotopic (exact) mass is 336 g/mol. The number of hydrogen-bond acceptors (Lipinski definition) is 4. The highest BCUT2D eigenvalue weighted by atomic mass is 19.3. The van der Waals surface area contributed by atoms with Crippen molar-refractivity contribution in [2.45, 2.75) is 12.3 Å². The van der Waals surface area contributed by atoms with Gasteiger partial charge in [-0.1, -0.05) is 0 Å². The zero-order valence-corrected chi connectivity index (χ0v) is 12.1. The number of phenols is 2. The quantitative estimate of drug-likeness (QED) is 0.823. The highest BCUT2D eigenvalue weighted by Crippen LogP contribution is 2.26. The normalized spacial score (nSPS) is 16.8. The van der Waals surface area contributed by atoms with E-state index in [1.165, 1.54) is 21.9 Å². The Labute approximate surface area is 129 Å². The summed E-state index contributed by atoms with van der Waals surface area (Å²) in [6.07, 6.45) is -3.73. The summed E-state index contributed by atoms with van der Waals surface area (Å²) in [4.78, 5) is 14.7. The third-order valence-corrected chi connectivity index (χ3v) is 3.62. The molecule has 0 spiro atoms. The standard InChI is InChI=1S/C14H16F4N2O3/c15-13(16)14(17,18)8-19-3-5-20(6-4-19)12(23)10-2-1-9(21)7-11(10)22/h1-2,7,13,21-22H,3-6,8H2. The predicted molar refractivity (Wildman–Crippen MR) is 73.1 cm³/mol. The van der Waals surface area contributed by atoms with Crippen LogP contribution in [0.2, 0.25) is 0 Å². The average molecular weight is 336 g/mol. The van der Waals surface area contributed by atoms with Gasteiger partial charge in [0.2, 0.25) is 0 Å². The van der Waals surface area contributed by atoms with Crippen LogP contribution in [0.15, 0.2) is 18.2 Å². The highest BCUT2D eigenvalue weighted by Gasteiger charge is 2.42. The van der Waals surface area contributed by atoms with Crippen molar-refractivity contribution in [1.82, 2.24) is 9.80 Å². The molecule has 1 aliphatic rings. The minimum Gasteiger partial charge on any atom is -0.508 e. The molecular formula is C14H16F4N2O3. The van der Waals surface area contributed by atoms with Crippen molar-refractivity contribution in [2.75, 3.05) is 32.7 Å². The molecule has 0 bridgehead atoms. The van der Waals surface area contributed by atoms with Crippen molar-refractivity contribution in [2.24, 2.45) is 0 Å². The van der Waals surface area contributed by atoms with Crippen LogP contribution in [0.1, 0.15) is 10.4 Å². The molecule has 0 aromatic heterocycles. The van der Waals surface area contributed by atoms with E-state index >= 15 is 0 Å². The van der Waals surface area contributed by atoms with E-state index in [0.29, 0.717) is 0 Å². The third-order valence-electron chi connectivity index (χ3n) is 3.62. The van der Waals surface area contributed by atoms with Crippen molar-refractivity contribution >= 4 is 5.91 Å². The number of carbonyl (C=O) groups is 1. The Hall–Kier alpha value is -2.03. The molecule has 2 rings (SSSR count). The first-order valence-corrected chi connectivity index (χ1v) is 6.90. The molecule has 1 aromatic rings. The summed E-state index contributed by atoms with van der Waals surface area (Å²) in [5.41, 5.74) is -0.0193. The molecule has 0 radical (unpaired) electrons. The van der Waals surface area contributed by atoms with Crippen LogP contribution in [0.25, 0.3) is 0 Å². The molecule has 0 saturated carbocycles. The summed E-state index contributed by atoms with van der Waals surface area (Å²) in [6, 6.07) is 3.52. The van der Waals surface area contributed by atoms with Gasteiger partial charge < -0.3 is 15.1 Å². The molecule has 1 saturated heterocycles. The topological polar surface area (TPSA) is 64.0 Å². The summed E-state index contributed by atoms with van der Waals surface area (Å²) in [6.45, 7) is -0.826.